The highest BCUT2D eigenvalue weighted by Gasteiger charge is 2.34. The van der Waals surface area contributed by atoms with Gasteiger partial charge in [0.2, 0.25) is 5.91 Å². The summed E-state index contributed by atoms with van der Waals surface area (Å²) in [6.07, 6.45) is 2.96. The Balaban J connectivity index is 2.05. The maximum absolute atomic E-state index is 12.9. The van der Waals surface area contributed by atoms with Crippen LogP contribution >= 0.6 is 11.8 Å². The number of aliphatic hydroxyl groups excluding tert-OH is 3. The van der Waals surface area contributed by atoms with Crippen molar-refractivity contribution in [3.8, 4) is 0 Å². The molecule has 33 heavy (non-hydrogen) atoms. The van der Waals surface area contributed by atoms with E-state index in [4.69, 9.17) is 0 Å². The Morgan fingerprint density at radius 3 is 2.45 bits per heavy atom. The van der Waals surface area contributed by atoms with Crippen molar-refractivity contribution in [1.82, 2.24) is 5.32 Å². The third kappa shape index (κ3) is 7.27. The first-order valence-electron chi connectivity index (χ1n) is 11.7. The van der Waals surface area contributed by atoms with E-state index in [9.17, 15) is 24.9 Å². The van der Waals surface area contributed by atoms with E-state index >= 15 is 0 Å². The number of fused-ring (bicyclic) bond motifs is 1. The van der Waals surface area contributed by atoms with E-state index in [1.54, 1.807) is 0 Å². The zero-order valence-electron chi connectivity index (χ0n) is 19.9. The lowest BCUT2D eigenvalue weighted by atomic mass is 9.93. The number of thioether (sulfide) groups is 1. The van der Waals surface area contributed by atoms with Gasteiger partial charge in [0.15, 0.2) is 5.78 Å². The first kappa shape index (κ1) is 27.3. The predicted molar refractivity (Wildman–Crippen MR) is 133 cm³/mol. The molecule has 182 valence electrons. The van der Waals surface area contributed by atoms with Crippen LogP contribution in [0.25, 0.3) is 5.57 Å². The van der Waals surface area contributed by atoms with Crippen LogP contribution in [0.5, 0.6) is 0 Å². The molecule has 0 bridgehead atoms. The molecule has 6 nitrogen and oxygen atoms in total. The Bertz CT molecular complexity index is 864. The van der Waals surface area contributed by atoms with Gasteiger partial charge in [-0.25, -0.2) is 0 Å². The molecule has 1 amide bonds. The van der Waals surface area contributed by atoms with Gasteiger partial charge < -0.3 is 20.6 Å². The summed E-state index contributed by atoms with van der Waals surface area (Å²) >= 11 is 1.50. The average molecular weight is 476 g/mol. The van der Waals surface area contributed by atoms with Crippen molar-refractivity contribution in [2.45, 2.75) is 76.2 Å². The van der Waals surface area contributed by atoms with Gasteiger partial charge in [-0.2, -0.15) is 0 Å². The van der Waals surface area contributed by atoms with Crippen LogP contribution < -0.4 is 5.32 Å². The molecule has 2 rings (SSSR count). The standard InChI is InChI=1S/C26H37NO5S/c1-5-17(6-2)12-13-21(28)25(31)24(30)16(4)26(32)27-20-15-33-23-11-9-8-10-19(23)18(7-3)14-22(20)29/h7-13,16-17,20-21,24-25,28,30-31H,5-6,14-15H2,1-4H3,(H,27,32)/b13-12+,18-7-/t16-,20?,21-,24+,25+/m1/s1. The molecule has 1 aromatic carbocycles. The lowest BCUT2D eigenvalue weighted by molar-refractivity contribution is -0.136. The summed E-state index contributed by atoms with van der Waals surface area (Å²) in [5.41, 5.74) is 1.95. The minimum atomic E-state index is -1.51. The van der Waals surface area contributed by atoms with Gasteiger partial charge in [0.05, 0.1) is 18.1 Å². The minimum Gasteiger partial charge on any atom is -0.389 e. The normalized spacial score (nSPS) is 21.9. The van der Waals surface area contributed by atoms with Crippen molar-refractivity contribution in [3.05, 3.63) is 48.1 Å². The number of nitrogens with one attached hydrogen (secondary N) is 1. The van der Waals surface area contributed by atoms with Gasteiger partial charge in [0.25, 0.3) is 0 Å². The van der Waals surface area contributed by atoms with E-state index < -0.39 is 36.2 Å². The number of allylic oxidation sites excluding steroid dienone is 3. The van der Waals surface area contributed by atoms with Crippen LogP contribution in [0.2, 0.25) is 0 Å². The quantitative estimate of drug-likeness (QED) is 0.408. The fourth-order valence-electron chi connectivity index (χ4n) is 3.81. The molecule has 5 atom stereocenters. The number of aliphatic hydroxyl groups is 3. The van der Waals surface area contributed by atoms with Crippen LogP contribution in [-0.4, -0.2) is 57.1 Å². The Kier molecular flexibility index (Phi) is 10.8. The fraction of sp³-hybridized carbons (Fsp3) is 0.538. The highest BCUT2D eigenvalue weighted by atomic mass is 32.2. The molecular weight excluding hydrogens is 438 g/mol. The maximum Gasteiger partial charge on any atom is 0.226 e. The monoisotopic (exact) mass is 475 g/mol. The number of carbonyl (C=O) groups is 2. The molecule has 0 spiro atoms. The lowest BCUT2D eigenvalue weighted by Crippen LogP contribution is -2.50. The van der Waals surface area contributed by atoms with Crippen molar-refractivity contribution >= 4 is 29.0 Å². The number of hydrogen-bond donors (Lipinski definition) is 4. The molecule has 1 aromatic rings. The number of rotatable bonds is 9. The van der Waals surface area contributed by atoms with Crippen molar-refractivity contribution in [2.75, 3.05) is 5.75 Å². The van der Waals surface area contributed by atoms with Gasteiger partial charge >= 0.3 is 0 Å². The molecule has 0 radical (unpaired) electrons. The minimum absolute atomic E-state index is 0.103. The molecule has 1 unspecified atom stereocenters. The number of benzene rings is 1. The average Bonchev–Trinajstić information content (AvgIpc) is 2.83. The van der Waals surface area contributed by atoms with E-state index in [2.05, 4.69) is 5.32 Å². The molecule has 0 fully saturated rings. The molecule has 1 aliphatic rings. The summed E-state index contributed by atoms with van der Waals surface area (Å²) in [6, 6.07) is 7.16. The van der Waals surface area contributed by atoms with Crippen LogP contribution in [-0.2, 0) is 9.59 Å². The summed E-state index contributed by atoms with van der Waals surface area (Å²) in [7, 11) is 0. The summed E-state index contributed by atoms with van der Waals surface area (Å²) < 4.78 is 0. The summed E-state index contributed by atoms with van der Waals surface area (Å²) in [5.74, 6) is -0.987. The molecule has 1 heterocycles. The van der Waals surface area contributed by atoms with Gasteiger partial charge in [-0.1, -0.05) is 57.2 Å². The van der Waals surface area contributed by atoms with Crippen molar-refractivity contribution in [2.24, 2.45) is 11.8 Å². The molecule has 0 aliphatic carbocycles. The maximum atomic E-state index is 12.9. The lowest BCUT2D eigenvalue weighted by Gasteiger charge is -2.28. The van der Waals surface area contributed by atoms with Gasteiger partial charge in [0, 0.05) is 17.1 Å². The molecule has 1 aliphatic heterocycles. The summed E-state index contributed by atoms with van der Waals surface area (Å²) in [6.45, 7) is 7.45. The van der Waals surface area contributed by atoms with E-state index in [1.807, 2.05) is 57.2 Å². The van der Waals surface area contributed by atoms with Crippen LogP contribution in [0.15, 0.2) is 47.4 Å². The summed E-state index contributed by atoms with van der Waals surface area (Å²) in [5, 5.41) is 33.9. The summed E-state index contributed by atoms with van der Waals surface area (Å²) in [4.78, 5) is 26.8. The van der Waals surface area contributed by atoms with Gasteiger partial charge in [-0.05, 0) is 42.9 Å². The highest BCUT2D eigenvalue weighted by molar-refractivity contribution is 7.99. The van der Waals surface area contributed by atoms with Gasteiger partial charge in [-0.3, -0.25) is 9.59 Å². The van der Waals surface area contributed by atoms with E-state index in [0.717, 1.165) is 28.9 Å². The molecule has 0 aromatic heterocycles. The topological polar surface area (TPSA) is 107 Å². The molecule has 7 heteroatoms. The Labute approximate surface area is 201 Å². The Morgan fingerprint density at radius 2 is 1.82 bits per heavy atom. The third-order valence-electron chi connectivity index (χ3n) is 6.31. The first-order chi connectivity index (χ1) is 15.7. The van der Waals surface area contributed by atoms with Crippen molar-refractivity contribution < 1.29 is 24.9 Å². The largest absolute Gasteiger partial charge is 0.389 e. The molecular formula is C26H37NO5S. The smallest absolute Gasteiger partial charge is 0.226 e. The fourth-order valence-corrected chi connectivity index (χ4v) is 4.96. The van der Waals surface area contributed by atoms with Crippen LogP contribution in [0.4, 0.5) is 0 Å². The second-order valence-electron chi connectivity index (χ2n) is 8.55. The molecule has 0 saturated heterocycles. The zero-order valence-corrected chi connectivity index (χ0v) is 20.7. The molecule has 0 saturated carbocycles. The number of Topliss-reactive ketones (excluding diaryl/α,β-unsaturated/α-hetero) is 1. The van der Waals surface area contributed by atoms with E-state index in [-0.39, 0.29) is 18.1 Å². The van der Waals surface area contributed by atoms with Gasteiger partial charge in [0.1, 0.15) is 12.2 Å². The van der Waals surface area contributed by atoms with Crippen LogP contribution in [0, 0.1) is 11.8 Å². The van der Waals surface area contributed by atoms with E-state index in [1.165, 1.54) is 24.8 Å². The third-order valence-corrected chi connectivity index (χ3v) is 7.48. The SMILES string of the molecule is C/C=C1/CC(=O)C(NC(=O)[C@H](C)[C@H](O)[C@@H](O)[C@H](O)/C=C/C(CC)CC)CSc2ccccc21. The predicted octanol–water partition coefficient (Wildman–Crippen LogP) is 3.35. The Hall–Kier alpha value is -1.93. The second-order valence-corrected chi connectivity index (χ2v) is 9.61. The number of hydrogen-bond acceptors (Lipinski definition) is 6. The van der Waals surface area contributed by atoms with E-state index in [0.29, 0.717) is 5.75 Å². The highest BCUT2D eigenvalue weighted by Crippen LogP contribution is 2.33. The van der Waals surface area contributed by atoms with Gasteiger partial charge in [-0.15, -0.1) is 11.8 Å². The number of ketones is 1. The van der Waals surface area contributed by atoms with Crippen molar-refractivity contribution in [3.63, 3.8) is 0 Å². The van der Waals surface area contributed by atoms with Crippen LogP contribution in [0.1, 0.15) is 52.5 Å². The number of amides is 1. The van der Waals surface area contributed by atoms with Crippen LogP contribution in [0.3, 0.4) is 0 Å². The Morgan fingerprint density at radius 1 is 1.15 bits per heavy atom. The molecule has 4 N–H and O–H groups in total. The van der Waals surface area contributed by atoms with Crippen molar-refractivity contribution in [1.29, 1.82) is 0 Å². The first-order valence-corrected chi connectivity index (χ1v) is 12.6. The second kappa shape index (κ2) is 13.1. The zero-order chi connectivity index (χ0) is 24.5. The number of carbonyl (C=O) groups excluding carboxylic acids is 2.